The minimum Gasteiger partial charge on any atom is -0.455 e. The number of nitrogens with zero attached hydrogens (tertiary/aromatic N) is 1. The lowest BCUT2D eigenvalue weighted by atomic mass is 9.99. The van der Waals surface area contributed by atoms with Gasteiger partial charge in [0.1, 0.15) is 11.2 Å². The van der Waals surface area contributed by atoms with Gasteiger partial charge in [-0.2, -0.15) is 0 Å². The van der Waals surface area contributed by atoms with E-state index in [9.17, 15) is 0 Å². The summed E-state index contributed by atoms with van der Waals surface area (Å²) in [5.41, 5.74) is 10.1. The normalized spacial score (nSPS) is 11.7. The number of anilines is 3. The molecule has 0 atom stereocenters. The Morgan fingerprint density at radius 1 is 0.388 bits per heavy atom. The molecule has 0 saturated heterocycles. The molecule has 10 rings (SSSR count). The number of fused-ring (bicyclic) bond motifs is 10. The predicted octanol–water partition coefficient (Wildman–Crippen LogP) is 13.9. The number of hydrogen-bond donors (Lipinski definition) is 0. The molecular weight excluding hydrogens is 615 g/mol. The molecule has 0 unspecified atom stereocenters. The molecule has 3 heteroatoms. The first-order valence-corrected chi connectivity index (χ1v) is 17.4. The van der Waals surface area contributed by atoms with Crippen LogP contribution in [0.25, 0.3) is 75.1 Å². The van der Waals surface area contributed by atoms with Gasteiger partial charge in [0.2, 0.25) is 0 Å². The fourth-order valence-corrected chi connectivity index (χ4v) is 8.65. The van der Waals surface area contributed by atoms with E-state index in [0.29, 0.717) is 0 Å². The average Bonchev–Trinajstić information content (AvgIpc) is 3.75. The van der Waals surface area contributed by atoms with Gasteiger partial charge in [-0.05, 0) is 70.1 Å². The Hall–Kier alpha value is -6.16. The molecule has 0 fully saturated rings. The van der Waals surface area contributed by atoms with Crippen molar-refractivity contribution < 1.29 is 4.42 Å². The summed E-state index contributed by atoms with van der Waals surface area (Å²) in [5.74, 6) is 0. The lowest BCUT2D eigenvalue weighted by molar-refractivity contribution is 0.673. The first-order valence-electron chi connectivity index (χ1n) is 16.6. The minimum absolute atomic E-state index is 0.928. The van der Waals surface area contributed by atoms with Crippen LogP contribution in [0, 0.1) is 0 Å². The highest BCUT2D eigenvalue weighted by molar-refractivity contribution is 7.27. The van der Waals surface area contributed by atoms with Crippen molar-refractivity contribution in [2.75, 3.05) is 4.90 Å². The Balaban J connectivity index is 1.18. The Morgan fingerprint density at radius 3 is 1.53 bits per heavy atom. The van der Waals surface area contributed by atoms with E-state index in [1.54, 1.807) is 0 Å². The summed E-state index contributed by atoms with van der Waals surface area (Å²) in [4.78, 5) is 2.37. The third-order valence-corrected chi connectivity index (χ3v) is 10.8. The summed E-state index contributed by atoms with van der Waals surface area (Å²) in [5, 5.41) is 7.32. The Labute approximate surface area is 287 Å². The quantitative estimate of drug-likeness (QED) is 0.186. The number of benzene rings is 8. The first kappa shape index (κ1) is 27.9. The standard InChI is InChI=1S/C46H29NOS/c1-3-11-30(12-4-1)32-19-23-34(24-20-32)47(35-25-21-33(22-26-35)31-13-5-2-6-14-31)36-27-28-40-42(29-36)49-46-43(40)37-15-7-8-16-38(37)45-44(46)39-17-9-10-18-41(39)48-45/h1-29H. The van der Waals surface area contributed by atoms with Crippen molar-refractivity contribution in [1.82, 2.24) is 0 Å². The highest BCUT2D eigenvalue weighted by Gasteiger charge is 2.21. The molecule has 0 radical (unpaired) electrons. The average molecular weight is 644 g/mol. The molecule has 0 aliphatic carbocycles. The summed E-state index contributed by atoms with van der Waals surface area (Å²) in [7, 11) is 0. The highest BCUT2D eigenvalue weighted by Crippen LogP contribution is 2.48. The number of para-hydroxylation sites is 1. The molecule has 230 valence electrons. The third-order valence-electron chi connectivity index (χ3n) is 9.66. The van der Waals surface area contributed by atoms with Crippen LogP contribution in [0.5, 0.6) is 0 Å². The summed E-state index contributed by atoms with van der Waals surface area (Å²) in [6, 6.07) is 63.0. The van der Waals surface area contributed by atoms with Gasteiger partial charge in [0.05, 0.1) is 0 Å². The van der Waals surface area contributed by atoms with E-state index in [2.05, 4.69) is 181 Å². The molecule has 2 heterocycles. The molecule has 2 nitrogen and oxygen atoms in total. The van der Waals surface area contributed by atoms with Gasteiger partial charge in [-0.25, -0.2) is 0 Å². The van der Waals surface area contributed by atoms with Crippen molar-refractivity contribution in [2.45, 2.75) is 0 Å². The Morgan fingerprint density at radius 2 is 0.898 bits per heavy atom. The second kappa shape index (κ2) is 11.2. The van der Waals surface area contributed by atoms with Gasteiger partial charge in [-0.15, -0.1) is 11.3 Å². The van der Waals surface area contributed by atoms with Crippen LogP contribution in [0.3, 0.4) is 0 Å². The van der Waals surface area contributed by atoms with E-state index < -0.39 is 0 Å². The van der Waals surface area contributed by atoms with Crippen LogP contribution in [0.2, 0.25) is 0 Å². The van der Waals surface area contributed by atoms with Crippen LogP contribution in [-0.2, 0) is 0 Å². The molecule has 0 N–H and O–H groups in total. The zero-order valence-electron chi connectivity index (χ0n) is 26.5. The zero-order chi connectivity index (χ0) is 32.3. The SMILES string of the molecule is c1ccc(-c2ccc(N(c3ccc(-c4ccccc4)cc3)c3ccc4c(c3)sc3c4c4ccccc4c4oc5ccccc5c43)cc2)cc1. The Kier molecular flexibility index (Phi) is 6.39. The summed E-state index contributed by atoms with van der Waals surface area (Å²) >= 11 is 1.86. The van der Waals surface area contributed by atoms with E-state index in [0.717, 1.165) is 33.6 Å². The number of furan rings is 1. The van der Waals surface area contributed by atoms with E-state index >= 15 is 0 Å². The van der Waals surface area contributed by atoms with E-state index in [4.69, 9.17) is 4.42 Å². The van der Waals surface area contributed by atoms with Crippen LogP contribution < -0.4 is 4.90 Å². The molecule has 49 heavy (non-hydrogen) atoms. The summed E-state index contributed by atoms with van der Waals surface area (Å²) < 4.78 is 9.06. The lowest BCUT2D eigenvalue weighted by Crippen LogP contribution is -2.09. The first-order chi connectivity index (χ1) is 24.3. The molecular formula is C46H29NOS. The highest BCUT2D eigenvalue weighted by atomic mass is 32.1. The molecule has 0 aliphatic heterocycles. The fraction of sp³-hybridized carbons (Fsp3) is 0. The van der Waals surface area contributed by atoms with Gasteiger partial charge >= 0.3 is 0 Å². The van der Waals surface area contributed by atoms with Crippen LogP contribution in [0.15, 0.2) is 180 Å². The fourth-order valence-electron chi connectivity index (χ4n) is 7.34. The minimum atomic E-state index is 0.928. The smallest absolute Gasteiger partial charge is 0.144 e. The number of thiophene rings is 1. The number of hydrogen-bond acceptors (Lipinski definition) is 3. The maximum absolute atomic E-state index is 6.53. The van der Waals surface area contributed by atoms with E-state index in [1.165, 1.54) is 58.6 Å². The van der Waals surface area contributed by atoms with Crippen molar-refractivity contribution in [3.05, 3.63) is 176 Å². The van der Waals surface area contributed by atoms with Crippen LogP contribution in [-0.4, -0.2) is 0 Å². The molecule has 10 aromatic rings. The monoisotopic (exact) mass is 643 g/mol. The van der Waals surface area contributed by atoms with E-state index in [1.807, 2.05) is 11.3 Å². The maximum Gasteiger partial charge on any atom is 0.144 e. The lowest BCUT2D eigenvalue weighted by Gasteiger charge is -2.26. The molecule has 0 aliphatic rings. The summed E-state index contributed by atoms with van der Waals surface area (Å²) in [6.45, 7) is 0. The van der Waals surface area contributed by atoms with Gasteiger partial charge in [-0.1, -0.05) is 133 Å². The second-order valence-electron chi connectivity index (χ2n) is 12.5. The van der Waals surface area contributed by atoms with Gasteiger partial charge in [0.25, 0.3) is 0 Å². The third kappa shape index (κ3) is 4.55. The zero-order valence-corrected chi connectivity index (χ0v) is 27.3. The van der Waals surface area contributed by atoms with Crippen molar-refractivity contribution in [1.29, 1.82) is 0 Å². The van der Waals surface area contributed by atoms with Crippen LogP contribution in [0.4, 0.5) is 17.1 Å². The van der Waals surface area contributed by atoms with Crippen molar-refractivity contribution in [3.63, 3.8) is 0 Å². The molecule has 0 spiro atoms. The second-order valence-corrected chi connectivity index (χ2v) is 13.5. The number of rotatable bonds is 5. The van der Waals surface area contributed by atoms with Gasteiger partial charge in [0, 0.05) is 53.4 Å². The van der Waals surface area contributed by atoms with Crippen molar-refractivity contribution in [2.24, 2.45) is 0 Å². The predicted molar refractivity (Wildman–Crippen MR) is 210 cm³/mol. The van der Waals surface area contributed by atoms with Crippen molar-refractivity contribution >= 4 is 81.3 Å². The Bertz CT molecular complexity index is 2710. The largest absolute Gasteiger partial charge is 0.455 e. The molecule has 0 amide bonds. The molecule has 0 bridgehead atoms. The molecule has 0 saturated carbocycles. The molecule has 2 aromatic heterocycles. The molecule has 8 aromatic carbocycles. The van der Waals surface area contributed by atoms with Gasteiger partial charge < -0.3 is 9.32 Å². The van der Waals surface area contributed by atoms with Crippen molar-refractivity contribution in [3.8, 4) is 22.3 Å². The topological polar surface area (TPSA) is 16.4 Å². The van der Waals surface area contributed by atoms with Gasteiger partial charge in [0.15, 0.2) is 0 Å². The summed E-state index contributed by atoms with van der Waals surface area (Å²) in [6.07, 6.45) is 0. The van der Waals surface area contributed by atoms with Crippen LogP contribution in [0.1, 0.15) is 0 Å². The van der Waals surface area contributed by atoms with E-state index in [-0.39, 0.29) is 0 Å². The maximum atomic E-state index is 6.53. The van der Waals surface area contributed by atoms with Gasteiger partial charge in [-0.3, -0.25) is 0 Å². The van der Waals surface area contributed by atoms with Crippen LogP contribution >= 0.6 is 11.3 Å².